The van der Waals surface area contributed by atoms with Crippen molar-refractivity contribution in [1.82, 2.24) is 0 Å². The van der Waals surface area contributed by atoms with Crippen molar-refractivity contribution in [2.24, 2.45) is 0 Å². The van der Waals surface area contributed by atoms with Crippen LogP contribution in [0.5, 0.6) is 17.2 Å². The number of phenolic OH excluding ortho intramolecular Hbond substituents is 2. The van der Waals surface area contributed by atoms with Gasteiger partial charge in [-0.1, -0.05) is 12.1 Å². The van der Waals surface area contributed by atoms with E-state index >= 15 is 0 Å². The maximum atomic E-state index is 10.6. The summed E-state index contributed by atoms with van der Waals surface area (Å²) in [6.07, 6.45) is -2.84. The number of hydrogen-bond donors (Lipinski definition) is 6. The van der Waals surface area contributed by atoms with Gasteiger partial charge in [-0.2, -0.15) is 0 Å². The molecule has 1 unspecified atom stereocenters. The van der Waals surface area contributed by atoms with Gasteiger partial charge in [-0.15, -0.1) is 11.8 Å². The largest absolute Gasteiger partial charge is 0.507 e. The number of rotatable bonds is 6. The highest BCUT2D eigenvalue weighted by Crippen LogP contribution is 2.49. The average molecular weight is 465 g/mol. The van der Waals surface area contributed by atoms with Crippen LogP contribution in [0.2, 0.25) is 0 Å². The Kier molecular flexibility index (Phi) is 7.14. The average Bonchev–Trinajstić information content (AvgIpc) is 3.28. The van der Waals surface area contributed by atoms with Gasteiger partial charge in [0.15, 0.2) is 0 Å². The van der Waals surface area contributed by atoms with Gasteiger partial charge in [-0.25, -0.2) is 0 Å². The van der Waals surface area contributed by atoms with Gasteiger partial charge in [-0.05, 0) is 41.8 Å². The maximum Gasteiger partial charge on any atom is 0.124 e. The van der Waals surface area contributed by atoms with Crippen LogP contribution in [0.1, 0.15) is 28.4 Å². The van der Waals surface area contributed by atoms with E-state index in [0.29, 0.717) is 25.2 Å². The van der Waals surface area contributed by atoms with Crippen LogP contribution in [0.15, 0.2) is 36.4 Å². The third kappa shape index (κ3) is 4.83. The SMILES string of the molecule is OC[C@H]1S[C@@H](c2c(O)cc(Cc3ccc(OC4CCOC4)cc3)cc2O)[C@H](O)[C@@H](O)[C@@H]1O. The van der Waals surface area contributed by atoms with Gasteiger partial charge in [0.05, 0.1) is 48.1 Å². The minimum Gasteiger partial charge on any atom is -0.507 e. The first kappa shape index (κ1) is 23.2. The normalized spacial score (nSPS) is 30.4. The number of hydrogen-bond acceptors (Lipinski definition) is 9. The van der Waals surface area contributed by atoms with Crippen molar-refractivity contribution in [3.05, 3.63) is 53.1 Å². The number of aromatic hydroxyl groups is 2. The number of thioether (sulfide) groups is 1. The van der Waals surface area contributed by atoms with Crippen LogP contribution in [0.25, 0.3) is 0 Å². The molecule has 32 heavy (non-hydrogen) atoms. The van der Waals surface area contributed by atoms with Crippen molar-refractivity contribution >= 4 is 11.8 Å². The first-order chi connectivity index (χ1) is 15.4. The summed E-state index contributed by atoms with van der Waals surface area (Å²) < 4.78 is 11.2. The number of phenols is 2. The molecule has 6 N–H and O–H groups in total. The molecule has 2 heterocycles. The molecule has 0 aromatic heterocycles. The summed E-state index contributed by atoms with van der Waals surface area (Å²) in [6.45, 7) is 0.886. The number of ether oxygens (including phenoxy) is 2. The van der Waals surface area contributed by atoms with Crippen LogP contribution < -0.4 is 4.74 Å². The van der Waals surface area contributed by atoms with E-state index in [1.54, 1.807) is 0 Å². The Morgan fingerprint density at radius 3 is 2.22 bits per heavy atom. The van der Waals surface area contributed by atoms with Gasteiger partial charge < -0.3 is 40.1 Å². The van der Waals surface area contributed by atoms with E-state index in [0.717, 1.165) is 29.5 Å². The number of aliphatic hydroxyl groups is 4. The highest BCUT2D eigenvalue weighted by Gasteiger charge is 2.45. The molecule has 2 fully saturated rings. The van der Waals surface area contributed by atoms with E-state index in [9.17, 15) is 30.6 Å². The van der Waals surface area contributed by atoms with Crippen LogP contribution in [-0.2, 0) is 11.2 Å². The van der Waals surface area contributed by atoms with Crippen LogP contribution in [0.3, 0.4) is 0 Å². The quantitative estimate of drug-likeness (QED) is 0.371. The topological polar surface area (TPSA) is 140 Å². The molecule has 8 nitrogen and oxygen atoms in total. The molecule has 2 aliphatic rings. The fourth-order valence-electron chi connectivity index (χ4n) is 4.13. The Hall–Kier alpha value is -2.01. The molecule has 0 amide bonds. The van der Waals surface area contributed by atoms with E-state index in [4.69, 9.17) is 9.47 Å². The van der Waals surface area contributed by atoms with E-state index in [1.165, 1.54) is 12.1 Å². The summed E-state index contributed by atoms with van der Waals surface area (Å²) >= 11 is 1.00. The summed E-state index contributed by atoms with van der Waals surface area (Å²) in [5.41, 5.74) is 1.69. The minimum atomic E-state index is -1.51. The van der Waals surface area contributed by atoms with Gasteiger partial charge in [0, 0.05) is 6.42 Å². The minimum absolute atomic E-state index is 0.0678. The molecular formula is C23H28O8S. The van der Waals surface area contributed by atoms with Crippen LogP contribution >= 0.6 is 11.8 Å². The standard InChI is InChI=1S/C23H28O8S/c24-10-18-20(27)21(28)22(29)23(32-18)19-16(25)8-13(9-17(19)26)7-12-1-3-14(4-2-12)31-15-5-6-30-11-15/h1-4,8-9,15,18,20-29H,5-7,10-11H2/t15?,18-,20-,21+,22-,23+/m1/s1. The Balaban J connectivity index is 1.49. The van der Waals surface area contributed by atoms with Crippen molar-refractivity contribution in [2.75, 3.05) is 19.8 Å². The highest BCUT2D eigenvalue weighted by molar-refractivity contribution is 8.00. The van der Waals surface area contributed by atoms with Crippen LogP contribution in [0.4, 0.5) is 0 Å². The number of aliphatic hydroxyl groups excluding tert-OH is 4. The Bertz CT molecular complexity index is 890. The predicted molar refractivity (Wildman–Crippen MR) is 118 cm³/mol. The molecule has 6 atom stereocenters. The smallest absolute Gasteiger partial charge is 0.124 e. The molecule has 4 rings (SSSR count). The lowest BCUT2D eigenvalue weighted by Crippen LogP contribution is -2.51. The molecule has 0 bridgehead atoms. The first-order valence-electron chi connectivity index (χ1n) is 10.6. The fraction of sp³-hybridized carbons (Fsp3) is 0.478. The highest BCUT2D eigenvalue weighted by atomic mass is 32.2. The molecule has 2 saturated heterocycles. The molecule has 0 radical (unpaired) electrons. The molecule has 9 heteroatoms. The lowest BCUT2D eigenvalue weighted by atomic mass is 9.94. The zero-order valence-corrected chi connectivity index (χ0v) is 18.2. The third-order valence-electron chi connectivity index (χ3n) is 5.90. The Morgan fingerprint density at radius 2 is 1.62 bits per heavy atom. The molecule has 2 aromatic carbocycles. The van der Waals surface area contributed by atoms with Crippen molar-refractivity contribution in [1.29, 1.82) is 0 Å². The lowest BCUT2D eigenvalue weighted by molar-refractivity contribution is -0.0703. The van der Waals surface area contributed by atoms with Crippen LogP contribution in [-0.4, -0.2) is 80.1 Å². The van der Waals surface area contributed by atoms with Crippen molar-refractivity contribution in [3.8, 4) is 17.2 Å². The molecule has 0 aliphatic carbocycles. The van der Waals surface area contributed by atoms with Gasteiger partial charge in [-0.3, -0.25) is 0 Å². The van der Waals surface area contributed by atoms with Gasteiger partial charge in [0.2, 0.25) is 0 Å². The molecule has 2 aliphatic heterocycles. The van der Waals surface area contributed by atoms with Gasteiger partial charge in [0.1, 0.15) is 29.5 Å². The fourth-order valence-corrected chi connectivity index (χ4v) is 5.62. The van der Waals surface area contributed by atoms with E-state index < -0.39 is 35.4 Å². The third-order valence-corrected chi connectivity index (χ3v) is 7.48. The molecule has 0 spiro atoms. The summed E-state index contributed by atoms with van der Waals surface area (Å²) in [7, 11) is 0. The summed E-state index contributed by atoms with van der Waals surface area (Å²) in [6, 6.07) is 10.6. The zero-order valence-electron chi connectivity index (χ0n) is 17.4. The van der Waals surface area contributed by atoms with Crippen molar-refractivity contribution in [2.45, 2.75) is 47.8 Å². The van der Waals surface area contributed by atoms with Gasteiger partial charge >= 0.3 is 0 Å². The zero-order chi connectivity index (χ0) is 22.8. The summed E-state index contributed by atoms with van der Waals surface area (Å²) in [4.78, 5) is 0. The second-order valence-corrected chi connectivity index (χ2v) is 9.61. The van der Waals surface area contributed by atoms with Crippen LogP contribution in [0, 0.1) is 0 Å². The summed E-state index contributed by atoms with van der Waals surface area (Å²) in [5.74, 6) is 0.309. The maximum absolute atomic E-state index is 10.6. The molecule has 174 valence electrons. The van der Waals surface area contributed by atoms with E-state index in [2.05, 4.69) is 0 Å². The first-order valence-corrected chi connectivity index (χ1v) is 11.5. The Labute approximate surface area is 190 Å². The predicted octanol–water partition coefficient (Wildman–Crippen LogP) is 1.09. The monoisotopic (exact) mass is 464 g/mol. The van der Waals surface area contributed by atoms with Crippen molar-refractivity contribution in [3.63, 3.8) is 0 Å². The van der Waals surface area contributed by atoms with E-state index in [-0.39, 0.29) is 23.2 Å². The van der Waals surface area contributed by atoms with Gasteiger partial charge in [0.25, 0.3) is 0 Å². The summed E-state index contributed by atoms with van der Waals surface area (Å²) in [5, 5.41) is 59.5. The molecule has 0 saturated carbocycles. The Morgan fingerprint density at radius 1 is 0.938 bits per heavy atom. The van der Waals surface area contributed by atoms with Crippen molar-refractivity contribution < 1.29 is 40.1 Å². The second-order valence-electron chi connectivity index (χ2n) is 8.22. The number of benzene rings is 2. The second kappa shape index (κ2) is 9.86. The molecular weight excluding hydrogens is 436 g/mol. The lowest BCUT2D eigenvalue weighted by Gasteiger charge is -2.39. The van der Waals surface area contributed by atoms with E-state index in [1.807, 2.05) is 24.3 Å². The molecule has 2 aromatic rings.